The number of hydrazine groups is 2. The molecule has 1 aliphatic heterocycles. The smallest absolute Gasteiger partial charge is 0.268 e. The Morgan fingerprint density at radius 2 is 1.80 bits per heavy atom. The Balaban J connectivity index is 2.79. The monoisotopic (exact) mass is 159 g/mol. The van der Waals surface area contributed by atoms with Gasteiger partial charge in [0.2, 0.25) is 0 Å². The van der Waals surface area contributed by atoms with Crippen molar-refractivity contribution in [2.24, 2.45) is 5.84 Å². The van der Waals surface area contributed by atoms with E-state index in [1.165, 1.54) is 0 Å². The average molecular weight is 159 g/mol. The quantitative estimate of drug-likeness (QED) is 0.219. The first-order valence-electron chi connectivity index (χ1n) is 2.42. The summed E-state index contributed by atoms with van der Waals surface area (Å²) in [7, 11) is 0. The van der Waals surface area contributed by atoms with Crippen LogP contribution in [0.5, 0.6) is 0 Å². The minimum Gasteiger partial charge on any atom is -0.268 e. The molecule has 5 nitrogen and oxygen atoms in total. The van der Waals surface area contributed by atoms with Gasteiger partial charge in [0.25, 0.3) is 11.8 Å². The van der Waals surface area contributed by atoms with Gasteiger partial charge in [0, 0.05) is 12.2 Å². The van der Waals surface area contributed by atoms with E-state index >= 15 is 0 Å². The highest BCUT2D eigenvalue weighted by molar-refractivity contribution is 7.77. The Labute approximate surface area is 62.6 Å². The Kier molecular flexibility index (Phi) is 1.75. The van der Waals surface area contributed by atoms with E-state index in [2.05, 4.69) is 12.8 Å². The summed E-state index contributed by atoms with van der Waals surface area (Å²) in [6, 6.07) is 0. The Bertz CT molecular complexity index is 195. The van der Waals surface area contributed by atoms with E-state index in [4.69, 9.17) is 5.84 Å². The zero-order valence-electron chi connectivity index (χ0n) is 4.89. The fourth-order valence-electron chi connectivity index (χ4n) is 0.594. The summed E-state index contributed by atoms with van der Waals surface area (Å²) >= 11 is 3.57. The molecule has 0 aromatic rings. The molecular formula is C4H5N3O2S. The highest BCUT2D eigenvalue weighted by atomic mass is 32.1. The topological polar surface area (TPSA) is 66.6 Å². The summed E-state index contributed by atoms with van der Waals surface area (Å²) in [6.45, 7) is 0. The van der Waals surface area contributed by atoms with Crippen LogP contribution in [0.15, 0.2) is 12.2 Å². The fraction of sp³-hybridized carbons (Fsp3) is 0. The Hall–Kier alpha value is -0.850. The molecule has 0 spiro atoms. The molecule has 1 heterocycles. The molecule has 0 radical (unpaired) electrons. The second-order valence-electron chi connectivity index (χ2n) is 1.64. The van der Waals surface area contributed by atoms with Crippen LogP contribution in [0.3, 0.4) is 0 Å². The van der Waals surface area contributed by atoms with Gasteiger partial charge in [0.05, 0.1) is 0 Å². The number of carbonyl (C=O) groups is 2. The lowest BCUT2D eigenvalue weighted by Gasteiger charge is -2.18. The van der Waals surface area contributed by atoms with Crippen molar-refractivity contribution in [2.75, 3.05) is 0 Å². The van der Waals surface area contributed by atoms with Gasteiger partial charge >= 0.3 is 0 Å². The van der Waals surface area contributed by atoms with Gasteiger partial charge in [-0.3, -0.25) is 9.59 Å². The van der Waals surface area contributed by atoms with Crippen molar-refractivity contribution in [1.82, 2.24) is 9.53 Å². The molecule has 2 N–H and O–H groups in total. The zero-order chi connectivity index (χ0) is 7.72. The molecule has 1 aliphatic rings. The molecule has 54 valence electrons. The second-order valence-corrected chi connectivity index (χ2v) is 2.05. The summed E-state index contributed by atoms with van der Waals surface area (Å²) < 4.78 is 0.644. The molecule has 0 unspecified atom stereocenters. The van der Waals surface area contributed by atoms with Crippen LogP contribution in [0.1, 0.15) is 0 Å². The summed E-state index contributed by atoms with van der Waals surface area (Å²) in [5.74, 6) is 4.05. The predicted molar refractivity (Wildman–Crippen MR) is 36.0 cm³/mol. The molecular weight excluding hydrogens is 154 g/mol. The van der Waals surface area contributed by atoms with Crippen molar-refractivity contribution in [2.45, 2.75) is 0 Å². The lowest BCUT2D eigenvalue weighted by molar-refractivity contribution is -0.147. The maximum Gasteiger partial charge on any atom is 0.270 e. The van der Waals surface area contributed by atoms with Crippen LogP contribution < -0.4 is 5.84 Å². The molecule has 0 fully saturated rings. The molecule has 2 amide bonds. The molecule has 0 aliphatic carbocycles. The summed E-state index contributed by atoms with van der Waals surface area (Å²) in [5, 5.41) is 0.698. The van der Waals surface area contributed by atoms with E-state index in [9.17, 15) is 9.59 Å². The molecule has 10 heavy (non-hydrogen) atoms. The van der Waals surface area contributed by atoms with Crippen LogP contribution in [0.25, 0.3) is 0 Å². The van der Waals surface area contributed by atoms with Crippen molar-refractivity contribution >= 4 is 24.6 Å². The molecule has 0 bridgehead atoms. The number of nitrogens with two attached hydrogens (primary N) is 1. The first kappa shape index (κ1) is 7.26. The summed E-state index contributed by atoms with van der Waals surface area (Å²) in [4.78, 5) is 21.3. The van der Waals surface area contributed by atoms with E-state index in [0.717, 1.165) is 12.2 Å². The molecule has 0 aromatic heterocycles. The van der Waals surface area contributed by atoms with Crippen LogP contribution in [0.2, 0.25) is 0 Å². The fourth-order valence-corrected chi connectivity index (χ4v) is 0.771. The zero-order valence-corrected chi connectivity index (χ0v) is 5.78. The van der Waals surface area contributed by atoms with Gasteiger partial charge in [-0.25, -0.2) is 5.84 Å². The third-order valence-corrected chi connectivity index (χ3v) is 1.17. The van der Waals surface area contributed by atoms with Gasteiger partial charge in [-0.15, -0.1) is 0 Å². The van der Waals surface area contributed by atoms with Crippen LogP contribution in [0, 0.1) is 0 Å². The number of rotatable bonds is 1. The van der Waals surface area contributed by atoms with E-state index in [-0.39, 0.29) is 0 Å². The van der Waals surface area contributed by atoms with E-state index in [1.807, 2.05) is 0 Å². The number of imide groups is 1. The number of carbonyl (C=O) groups excluding carboxylic acids is 2. The summed E-state index contributed by atoms with van der Waals surface area (Å²) in [5.41, 5.74) is 0. The normalized spacial score (nSPS) is 17.7. The number of amides is 2. The van der Waals surface area contributed by atoms with Gasteiger partial charge in [-0.2, -0.15) is 5.01 Å². The molecule has 0 saturated heterocycles. The Morgan fingerprint density at radius 1 is 1.40 bits per heavy atom. The highest BCUT2D eigenvalue weighted by Crippen LogP contribution is 2.05. The number of hydrogen-bond donors (Lipinski definition) is 2. The molecule has 0 atom stereocenters. The molecule has 6 heteroatoms. The largest absolute Gasteiger partial charge is 0.270 e. The third-order valence-electron chi connectivity index (χ3n) is 0.991. The van der Waals surface area contributed by atoms with Crippen molar-refractivity contribution < 1.29 is 9.59 Å². The number of nitrogens with zero attached hydrogens (tertiary/aromatic N) is 2. The van der Waals surface area contributed by atoms with Crippen LogP contribution in [-0.2, 0) is 9.59 Å². The molecule has 1 rings (SSSR count). The lowest BCUT2D eigenvalue weighted by Crippen LogP contribution is -2.44. The van der Waals surface area contributed by atoms with E-state index in [1.54, 1.807) is 0 Å². The van der Waals surface area contributed by atoms with Crippen molar-refractivity contribution in [3.8, 4) is 0 Å². The van der Waals surface area contributed by atoms with Gasteiger partial charge < -0.3 is 0 Å². The SMILES string of the molecule is NN(S)N1C(=O)C=CC1=O. The highest BCUT2D eigenvalue weighted by Gasteiger charge is 2.26. The maximum atomic E-state index is 10.7. The number of thiol groups is 1. The van der Waals surface area contributed by atoms with E-state index < -0.39 is 11.8 Å². The minimum absolute atomic E-state index is 0.484. The second kappa shape index (κ2) is 2.41. The third kappa shape index (κ3) is 1.04. The molecule has 0 saturated carbocycles. The van der Waals surface area contributed by atoms with Crippen molar-refractivity contribution in [3.63, 3.8) is 0 Å². The molecule has 0 aromatic carbocycles. The van der Waals surface area contributed by atoms with Gasteiger partial charge in [-0.1, -0.05) is 17.3 Å². The van der Waals surface area contributed by atoms with Gasteiger partial charge in [0.15, 0.2) is 0 Å². The average Bonchev–Trinajstić information content (AvgIpc) is 2.11. The lowest BCUT2D eigenvalue weighted by atomic mass is 10.6. The Morgan fingerprint density at radius 3 is 2.00 bits per heavy atom. The maximum absolute atomic E-state index is 10.7. The van der Waals surface area contributed by atoms with Crippen LogP contribution >= 0.6 is 12.8 Å². The minimum atomic E-state index is -0.484. The van der Waals surface area contributed by atoms with Crippen molar-refractivity contribution in [3.05, 3.63) is 12.2 Å². The predicted octanol–water partition coefficient (Wildman–Crippen LogP) is -1.15. The standard InChI is InChI=1S/C4H5N3O2S/c5-7(10)6-3(8)1-2-4(6)9/h1-2,10H,5H2. The van der Waals surface area contributed by atoms with Gasteiger partial charge in [-0.05, 0) is 0 Å². The first-order chi connectivity index (χ1) is 4.63. The van der Waals surface area contributed by atoms with Crippen LogP contribution in [0.4, 0.5) is 0 Å². The van der Waals surface area contributed by atoms with Crippen LogP contribution in [-0.4, -0.2) is 21.3 Å². The first-order valence-corrected chi connectivity index (χ1v) is 2.82. The number of hydrogen-bond acceptors (Lipinski definition) is 5. The van der Waals surface area contributed by atoms with Gasteiger partial charge in [0.1, 0.15) is 0 Å². The van der Waals surface area contributed by atoms with E-state index in [0.29, 0.717) is 9.53 Å². The summed E-state index contributed by atoms with van der Waals surface area (Å²) in [6.07, 6.45) is 2.25. The van der Waals surface area contributed by atoms with Crippen molar-refractivity contribution in [1.29, 1.82) is 0 Å².